The lowest BCUT2D eigenvalue weighted by atomic mass is 10.2. The number of amides is 1. The van der Waals surface area contributed by atoms with E-state index in [-0.39, 0.29) is 18.9 Å². The van der Waals surface area contributed by atoms with Gasteiger partial charge in [0.25, 0.3) is 5.91 Å². The van der Waals surface area contributed by atoms with Crippen LogP contribution >= 0.6 is 35.6 Å². The highest BCUT2D eigenvalue weighted by Gasteiger charge is 2.31. The second kappa shape index (κ2) is 7.61. The number of rotatable bonds is 5. The van der Waals surface area contributed by atoms with Gasteiger partial charge in [0.1, 0.15) is 15.6 Å². The van der Waals surface area contributed by atoms with Crippen molar-refractivity contribution in [1.82, 2.24) is 9.88 Å². The number of carbonyl (C=O) groups is 2. The highest BCUT2D eigenvalue weighted by atomic mass is 35.5. The van der Waals surface area contributed by atoms with Gasteiger partial charge in [0, 0.05) is 24.3 Å². The summed E-state index contributed by atoms with van der Waals surface area (Å²) in [6.45, 7) is -0.0150. The zero-order chi connectivity index (χ0) is 18.8. The second-order valence-corrected chi connectivity index (χ2v) is 7.42. The molecule has 1 saturated heterocycles. The fraction of sp³-hybridized carbons (Fsp3) is 0.176. The van der Waals surface area contributed by atoms with Crippen molar-refractivity contribution < 1.29 is 19.4 Å². The van der Waals surface area contributed by atoms with Crippen LogP contribution in [0.1, 0.15) is 12.1 Å². The first-order valence-electron chi connectivity index (χ1n) is 7.49. The molecule has 26 heavy (non-hydrogen) atoms. The van der Waals surface area contributed by atoms with Crippen LogP contribution in [0.5, 0.6) is 5.75 Å². The summed E-state index contributed by atoms with van der Waals surface area (Å²) in [6, 6.07) is 6.99. The van der Waals surface area contributed by atoms with Crippen molar-refractivity contribution in [2.45, 2.75) is 6.42 Å². The van der Waals surface area contributed by atoms with E-state index in [0.717, 1.165) is 17.1 Å². The Balaban J connectivity index is 1.94. The van der Waals surface area contributed by atoms with Gasteiger partial charge in [-0.3, -0.25) is 9.69 Å². The average Bonchev–Trinajstić information content (AvgIpc) is 2.87. The van der Waals surface area contributed by atoms with Crippen LogP contribution in [0.15, 0.2) is 29.2 Å². The van der Waals surface area contributed by atoms with Gasteiger partial charge in [-0.05, 0) is 30.3 Å². The van der Waals surface area contributed by atoms with Crippen LogP contribution in [-0.2, 0) is 9.59 Å². The van der Waals surface area contributed by atoms with Crippen molar-refractivity contribution in [1.29, 1.82) is 0 Å². The van der Waals surface area contributed by atoms with Crippen LogP contribution in [0.2, 0.25) is 5.02 Å². The quantitative estimate of drug-likeness (QED) is 0.555. The number of thiocarbonyl (C=S) groups is 1. The minimum Gasteiger partial charge on any atom is -0.550 e. The smallest absolute Gasteiger partial charge is 0.266 e. The molecule has 0 aliphatic carbocycles. The summed E-state index contributed by atoms with van der Waals surface area (Å²) < 4.78 is 5.62. The topological polar surface area (TPSA) is 82.6 Å². The maximum atomic E-state index is 12.4. The summed E-state index contributed by atoms with van der Waals surface area (Å²) in [4.78, 5) is 29.2. The number of carboxylic acids is 1. The Morgan fingerprint density at radius 1 is 1.42 bits per heavy atom. The van der Waals surface area contributed by atoms with Gasteiger partial charge in [-0.15, -0.1) is 0 Å². The molecule has 0 bridgehead atoms. The van der Waals surface area contributed by atoms with Crippen molar-refractivity contribution >= 4 is 68.8 Å². The van der Waals surface area contributed by atoms with Gasteiger partial charge in [-0.25, -0.2) is 4.98 Å². The lowest BCUT2D eigenvalue weighted by molar-refractivity contribution is -0.305. The maximum Gasteiger partial charge on any atom is 0.266 e. The number of aromatic nitrogens is 1. The summed E-state index contributed by atoms with van der Waals surface area (Å²) in [5, 5.41) is 11.9. The van der Waals surface area contributed by atoms with E-state index in [1.807, 2.05) is 0 Å². The number of aliphatic carboxylic acids is 1. The fourth-order valence-electron chi connectivity index (χ4n) is 2.45. The van der Waals surface area contributed by atoms with Gasteiger partial charge in [0.15, 0.2) is 0 Å². The normalized spacial score (nSPS) is 15.9. The number of nitrogens with zero attached hydrogens (tertiary/aromatic N) is 2. The van der Waals surface area contributed by atoms with E-state index in [1.165, 1.54) is 4.90 Å². The predicted molar refractivity (Wildman–Crippen MR) is 103 cm³/mol. The highest BCUT2D eigenvalue weighted by molar-refractivity contribution is 8.26. The van der Waals surface area contributed by atoms with E-state index >= 15 is 0 Å². The number of halogens is 1. The molecule has 1 aromatic heterocycles. The van der Waals surface area contributed by atoms with E-state index < -0.39 is 5.97 Å². The van der Waals surface area contributed by atoms with Crippen molar-refractivity contribution in [2.75, 3.05) is 13.7 Å². The fourth-order valence-corrected chi connectivity index (χ4v) is 3.96. The van der Waals surface area contributed by atoms with Gasteiger partial charge in [0.05, 0.1) is 22.7 Å². The molecule has 0 unspecified atom stereocenters. The number of carbonyl (C=O) groups excluding carboxylic acids is 2. The van der Waals surface area contributed by atoms with Crippen molar-refractivity contribution in [3.8, 4) is 5.75 Å². The number of hydrogen-bond donors (Lipinski definition) is 0. The Hall–Kier alpha value is -2.16. The van der Waals surface area contributed by atoms with E-state index in [0.29, 0.717) is 31.2 Å². The third-order valence-electron chi connectivity index (χ3n) is 3.70. The lowest BCUT2D eigenvalue weighted by Crippen LogP contribution is -2.33. The standard InChI is InChI=1S/C17H13ClN2O4S2/c1-24-12-5-4-11(18)10-3-2-9(19-15(10)12)8-13-16(23)20(17(25)26-13)7-6-14(21)22/h2-5,8H,6-7H2,1H3,(H,21,22)/p-1/b13-8-. The summed E-state index contributed by atoms with van der Waals surface area (Å²) in [5.41, 5.74) is 1.12. The molecular weight excluding hydrogens is 396 g/mol. The van der Waals surface area contributed by atoms with Crippen molar-refractivity contribution in [3.63, 3.8) is 0 Å². The van der Waals surface area contributed by atoms with Gasteiger partial charge in [-0.1, -0.05) is 35.6 Å². The highest BCUT2D eigenvalue weighted by Crippen LogP contribution is 2.34. The maximum absolute atomic E-state index is 12.4. The molecule has 0 radical (unpaired) electrons. The largest absolute Gasteiger partial charge is 0.550 e. The molecule has 1 fully saturated rings. The molecule has 134 valence electrons. The number of hydrogen-bond acceptors (Lipinski definition) is 7. The molecule has 1 aliphatic heterocycles. The molecule has 3 rings (SSSR count). The molecule has 1 amide bonds. The number of benzene rings is 1. The molecule has 0 spiro atoms. The van der Waals surface area contributed by atoms with Gasteiger partial charge in [-0.2, -0.15) is 0 Å². The molecule has 1 aliphatic rings. The molecule has 2 heterocycles. The first-order chi connectivity index (χ1) is 12.4. The van der Waals surface area contributed by atoms with Crippen LogP contribution in [0.25, 0.3) is 17.0 Å². The van der Waals surface area contributed by atoms with Gasteiger partial charge in [0.2, 0.25) is 0 Å². The van der Waals surface area contributed by atoms with Crippen LogP contribution in [0.4, 0.5) is 0 Å². The van der Waals surface area contributed by atoms with E-state index in [1.54, 1.807) is 37.5 Å². The molecule has 9 heteroatoms. The summed E-state index contributed by atoms with van der Waals surface area (Å²) in [6.07, 6.45) is 1.34. The summed E-state index contributed by atoms with van der Waals surface area (Å²) >= 11 is 12.4. The van der Waals surface area contributed by atoms with Crippen LogP contribution in [0.3, 0.4) is 0 Å². The predicted octanol–water partition coefficient (Wildman–Crippen LogP) is 2.24. The molecule has 0 atom stereocenters. The Kier molecular flexibility index (Phi) is 5.45. The minimum absolute atomic E-state index is 0.0150. The van der Waals surface area contributed by atoms with Crippen molar-refractivity contribution in [2.24, 2.45) is 0 Å². The number of ether oxygens (including phenoxy) is 1. The molecule has 0 N–H and O–H groups in total. The number of fused-ring (bicyclic) bond motifs is 1. The van der Waals surface area contributed by atoms with E-state index in [9.17, 15) is 14.7 Å². The first kappa shape index (κ1) is 18.6. The Bertz CT molecular complexity index is 961. The van der Waals surface area contributed by atoms with Crippen LogP contribution in [-0.4, -0.2) is 39.7 Å². The third kappa shape index (κ3) is 3.67. The minimum atomic E-state index is -1.23. The Morgan fingerprint density at radius 2 is 2.19 bits per heavy atom. The number of pyridine rings is 1. The van der Waals surface area contributed by atoms with E-state index in [2.05, 4.69) is 4.98 Å². The van der Waals surface area contributed by atoms with Crippen LogP contribution in [0, 0.1) is 0 Å². The third-order valence-corrected chi connectivity index (χ3v) is 5.41. The van der Waals surface area contributed by atoms with E-state index in [4.69, 9.17) is 28.6 Å². The molecular formula is C17H12ClN2O4S2-. The van der Waals surface area contributed by atoms with Crippen molar-refractivity contribution in [3.05, 3.63) is 39.9 Å². The molecule has 6 nitrogen and oxygen atoms in total. The molecule has 0 saturated carbocycles. The Labute approximate surface area is 163 Å². The number of thioether (sulfide) groups is 1. The average molecular weight is 408 g/mol. The zero-order valence-corrected chi connectivity index (χ0v) is 15.9. The SMILES string of the molecule is COc1ccc(Cl)c2ccc(/C=C3\SC(=S)N(CCC(=O)[O-])C3=O)nc12. The van der Waals surface area contributed by atoms with Gasteiger partial charge < -0.3 is 14.6 Å². The van der Waals surface area contributed by atoms with Gasteiger partial charge >= 0.3 is 0 Å². The number of methoxy groups -OCH3 is 1. The molecule has 1 aromatic carbocycles. The second-order valence-electron chi connectivity index (χ2n) is 5.34. The molecule has 2 aromatic rings. The summed E-state index contributed by atoms with van der Waals surface area (Å²) in [5.74, 6) is -1.01. The monoisotopic (exact) mass is 407 g/mol. The number of carboxylic acid groups (broad SMARTS) is 1. The summed E-state index contributed by atoms with van der Waals surface area (Å²) in [7, 11) is 1.54. The first-order valence-corrected chi connectivity index (χ1v) is 9.09. The zero-order valence-electron chi connectivity index (χ0n) is 13.5. The lowest BCUT2D eigenvalue weighted by Gasteiger charge is -2.14. The Morgan fingerprint density at radius 3 is 2.88 bits per heavy atom. The van der Waals surface area contributed by atoms with Crippen LogP contribution < -0.4 is 9.84 Å².